The standard InChI is InChI=1S/C34H34O12/c1-13(45-15(3)35)9-17-23-24-18(10-14(2)46-16(4)36)32(38)34(40)28-22(44-8)12-20(42-6)26(30(24)28)25-19(41-5)11-21(43-7)27(29(23)25)33(39)31(17)37/h11-14,37-38H,9-10H2,1-8H3. The average molecular weight is 635 g/mol. The number of esters is 2. The van der Waals surface area contributed by atoms with E-state index < -0.39 is 46.5 Å². The van der Waals surface area contributed by atoms with E-state index in [1.165, 1.54) is 54.4 Å². The van der Waals surface area contributed by atoms with Gasteiger partial charge in [0.2, 0.25) is 10.9 Å². The SMILES string of the molecule is COc1cc(OC)c2c3c(OC)cc(OC)c4c(=O)c(O)c(CC(C)OC(C)=O)c(c5c(CC(C)OC(C)=O)c(O)c(=O)c1c25)c43. The maximum absolute atomic E-state index is 14.0. The van der Waals surface area contributed by atoms with Crippen LogP contribution in [0.25, 0.3) is 43.1 Å². The van der Waals surface area contributed by atoms with E-state index in [1.54, 1.807) is 13.8 Å². The second-order valence-electron chi connectivity index (χ2n) is 11.1. The predicted octanol–water partition coefficient (Wildman–Crippen LogP) is 4.33. The van der Waals surface area contributed by atoms with Crippen molar-refractivity contribution in [2.24, 2.45) is 0 Å². The summed E-state index contributed by atoms with van der Waals surface area (Å²) in [5.74, 6) is -1.68. The number of hydrogen-bond acceptors (Lipinski definition) is 12. The molecule has 0 spiro atoms. The highest BCUT2D eigenvalue weighted by atomic mass is 16.5. The molecule has 0 aromatic heterocycles. The third kappa shape index (κ3) is 4.84. The summed E-state index contributed by atoms with van der Waals surface area (Å²) in [7, 11) is 5.61. The molecule has 0 aliphatic carbocycles. The fraction of sp³-hybridized carbons (Fsp3) is 0.353. The molecule has 2 N–H and O–H groups in total. The van der Waals surface area contributed by atoms with Gasteiger partial charge in [0.15, 0.2) is 11.5 Å². The van der Waals surface area contributed by atoms with Crippen LogP contribution in [0.3, 0.4) is 0 Å². The highest BCUT2D eigenvalue weighted by Gasteiger charge is 2.33. The highest BCUT2D eigenvalue weighted by Crippen LogP contribution is 2.53. The summed E-state index contributed by atoms with van der Waals surface area (Å²) in [6.45, 7) is 5.70. The zero-order valence-electron chi connectivity index (χ0n) is 26.7. The van der Waals surface area contributed by atoms with Crippen molar-refractivity contribution in [1.29, 1.82) is 0 Å². The Morgan fingerprint density at radius 2 is 0.870 bits per heavy atom. The van der Waals surface area contributed by atoms with E-state index in [0.29, 0.717) is 21.5 Å². The van der Waals surface area contributed by atoms with Crippen molar-refractivity contribution in [2.75, 3.05) is 28.4 Å². The van der Waals surface area contributed by atoms with Crippen molar-refractivity contribution in [3.05, 3.63) is 43.7 Å². The number of carbonyl (C=O) groups is 2. The lowest BCUT2D eigenvalue weighted by molar-refractivity contribution is -0.146. The quantitative estimate of drug-likeness (QED) is 0.127. The number of carbonyl (C=O) groups excluding carboxylic acids is 2. The molecule has 5 aromatic carbocycles. The van der Waals surface area contributed by atoms with Gasteiger partial charge >= 0.3 is 11.9 Å². The van der Waals surface area contributed by atoms with Gasteiger partial charge in [-0.1, -0.05) is 0 Å². The van der Waals surface area contributed by atoms with Crippen LogP contribution in [0.4, 0.5) is 0 Å². The molecule has 2 atom stereocenters. The predicted molar refractivity (Wildman–Crippen MR) is 171 cm³/mol. The Hall–Kier alpha value is -5.26. The van der Waals surface area contributed by atoms with Gasteiger partial charge in [-0.05, 0) is 24.6 Å². The van der Waals surface area contributed by atoms with E-state index in [4.69, 9.17) is 28.4 Å². The van der Waals surface area contributed by atoms with Gasteiger partial charge in [0, 0.05) is 71.5 Å². The molecule has 0 saturated heterocycles. The molecule has 0 bridgehead atoms. The Morgan fingerprint density at radius 1 is 0.565 bits per heavy atom. The summed E-state index contributed by atoms with van der Waals surface area (Å²) in [6.07, 6.45) is -1.86. The molecular weight excluding hydrogens is 600 g/mol. The highest BCUT2D eigenvalue weighted by molar-refractivity contribution is 6.38. The van der Waals surface area contributed by atoms with Crippen molar-refractivity contribution in [1.82, 2.24) is 0 Å². The van der Waals surface area contributed by atoms with Crippen LogP contribution >= 0.6 is 0 Å². The first-order valence-corrected chi connectivity index (χ1v) is 14.4. The molecule has 5 rings (SSSR count). The van der Waals surface area contributed by atoms with Gasteiger partial charge in [-0.25, -0.2) is 0 Å². The topological polar surface area (TPSA) is 164 Å². The first-order chi connectivity index (χ1) is 21.8. The normalized spacial score (nSPS) is 12.9. The number of methoxy groups -OCH3 is 4. The lowest BCUT2D eigenvalue weighted by Crippen LogP contribution is -2.19. The third-order valence-electron chi connectivity index (χ3n) is 8.17. The van der Waals surface area contributed by atoms with E-state index in [-0.39, 0.29) is 68.5 Å². The second kappa shape index (κ2) is 11.9. The average Bonchev–Trinajstić information content (AvgIpc) is 3.00. The Labute approximate surface area is 262 Å². The molecule has 46 heavy (non-hydrogen) atoms. The van der Waals surface area contributed by atoms with Gasteiger partial charge in [-0.3, -0.25) is 19.2 Å². The first kappa shape index (κ1) is 32.1. The van der Waals surface area contributed by atoms with Crippen LogP contribution in [0, 0.1) is 0 Å². The summed E-state index contributed by atoms with van der Waals surface area (Å²) in [5.41, 5.74) is -1.32. The lowest BCUT2D eigenvalue weighted by atomic mass is 9.82. The molecule has 0 aliphatic heterocycles. The number of aromatic hydroxyl groups is 2. The van der Waals surface area contributed by atoms with Crippen molar-refractivity contribution < 1.29 is 48.2 Å². The van der Waals surface area contributed by atoms with Crippen LogP contribution in [0.5, 0.6) is 34.5 Å². The summed E-state index contributed by atoms with van der Waals surface area (Å²) in [4.78, 5) is 51.8. The largest absolute Gasteiger partial charge is 0.504 e. The first-order valence-electron chi connectivity index (χ1n) is 14.4. The molecule has 0 saturated carbocycles. The fourth-order valence-corrected chi connectivity index (χ4v) is 6.58. The maximum Gasteiger partial charge on any atom is 0.302 e. The zero-order valence-corrected chi connectivity index (χ0v) is 26.7. The minimum Gasteiger partial charge on any atom is -0.504 e. The Bertz CT molecular complexity index is 2000. The van der Waals surface area contributed by atoms with Gasteiger partial charge in [0.25, 0.3) is 0 Å². The molecular formula is C34H34O12. The summed E-state index contributed by atoms with van der Waals surface area (Å²) in [6, 6.07) is 3.01. The molecule has 12 heteroatoms. The van der Waals surface area contributed by atoms with E-state index >= 15 is 0 Å². The number of benzene rings is 5. The van der Waals surface area contributed by atoms with Crippen LogP contribution in [-0.2, 0) is 31.9 Å². The van der Waals surface area contributed by atoms with Crippen LogP contribution in [0.1, 0.15) is 38.8 Å². The van der Waals surface area contributed by atoms with Crippen LogP contribution in [0.15, 0.2) is 21.7 Å². The lowest BCUT2D eigenvalue weighted by Gasteiger charge is -2.25. The van der Waals surface area contributed by atoms with E-state index in [9.17, 15) is 29.4 Å². The molecule has 12 nitrogen and oxygen atoms in total. The van der Waals surface area contributed by atoms with Gasteiger partial charge in [0.05, 0.1) is 39.2 Å². The van der Waals surface area contributed by atoms with Gasteiger partial charge in [-0.15, -0.1) is 0 Å². The minimum atomic E-state index is -0.806. The Balaban J connectivity index is 2.24. The van der Waals surface area contributed by atoms with Crippen molar-refractivity contribution >= 4 is 55.0 Å². The fourth-order valence-electron chi connectivity index (χ4n) is 6.58. The van der Waals surface area contributed by atoms with Gasteiger partial charge in [-0.2, -0.15) is 0 Å². The van der Waals surface area contributed by atoms with Crippen molar-refractivity contribution in [3.63, 3.8) is 0 Å². The maximum atomic E-state index is 14.0. The molecule has 242 valence electrons. The van der Waals surface area contributed by atoms with Crippen LogP contribution < -0.4 is 29.8 Å². The van der Waals surface area contributed by atoms with Crippen LogP contribution in [-0.4, -0.2) is 62.8 Å². The second-order valence-corrected chi connectivity index (χ2v) is 11.1. The molecule has 2 unspecified atom stereocenters. The third-order valence-corrected chi connectivity index (χ3v) is 8.17. The molecule has 0 amide bonds. The summed E-state index contributed by atoms with van der Waals surface area (Å²) < 4.78 is 33.7. The van der Waals surface area contributed by atoms with Gasteiger partial charge in [0.1, 0.15) is 35.2 Å². The summed E-state index contributed by atoms with van der Waals surface area (Å²) in [5, 5.41) is 25.1. The number of fused-ring (bicyclic) bond motifs is 2. The molecule has 0 aliphatic rings. The Kier molecular flexibility index (Phi) is 8.33. The van der Waals surface area contributed by atoms with Crippen molar-refractivity contribution in [2.45, 2.75) is 52.7 Å². The summed E-state index contributed by atoms with van der Waals surface area (Å²) >= 11 is 0. The molecule has 0 fully saturated rings. The Morgan fingerprint density at radius 3 is 1.15 bits per heavy atom. The number of hydrogen-bond donors (Lipinski definition) is 2. The van der Waals surface area contributed by atoms with Crippen molar-refractivity contribution in [3.8, 4) is 34.5 Å². The van der Waals surface area contributed by atoms with Gasteiger partial charge < -0.3 is 38.6 Å². The van der Waals surface area contributed by atoms with E-state index in [1.807, 2.05) is 0 Å². The molecule has 0 radical (unpaired) electrons. The molecule has 0 heterocycles. The number of phenolic OH excluding ortho intramolecular Hbond substituents is 2. The van der Waals surface area contributed by atoms with Crippen LogP contribution in [0.2, 0.25) is 0 Å². The monoisotopic (exact) mass is 634 g/mol. The number of rotatable bonds is 10. The number of phenols is 2. The van der Waals surface area contributed by atoms with E-state index in [2.05, 4.69) is 0 Å². The zero-order chi connectivity index (χ0) is 33.8. The smallest absolute Gasteiger partial charge is 0.302 e. The molecule has 5 aromatic rings. The number of ether oxygens (including phenoxy) is 6. The minimum absolute atomic E-state index is 0.0102. The van der Waals surface area contributed by atoms with E-state index in [0.717, 1.165) is 0 Å².